The number of rotatable bonds is 6. The second-order valence-corrected chi connectivity index (χ2v) is 8.21. The van der Waals surface area contributed by atoms with Crippen molar-refractivity contribution in [2.24, 2.45) is 0 Å². The number of H-pyrrole nitrogens is 1. The van der Waals surface area contributed by atoms with E-state index >= 15 is 0 Å². The number of carbonyl (C=O) groups is 3. The van der Waals surface area contributed by atoms with Crippen molar-refractivity contribution in [3.05, 3.63) is 95.8 Å². The molecule has 0 saturated heterocycles. The molecule has 0 spiro atoms. The average molecular weight is 454 g/mol. The lowest BCUT2D eigenvalue weighted by Gasteiger charge is -2.19. The summed E-state index contributed by atoms with van der Waals surface area (Å²) in [5, 5.41) is 8.40. The number of aromatic nitrogens is 2. The van der Waals surface area contributed by atoms with Crippen LogP contribution in [0.25, 0.3) is 11.0 Å². The fourth-order valence-corrected chi connectivity index (χ4v) is 4.10. The standard InChI is InChI=1S/C26H23N5O3/c32-23(15-22-26(34)30-18-11-5-4-10-17(18)25(33)31-22)27-21(14-16-8-2-1-3-9-16)24-28-19-12-6-7-13-20(19)29-24/h1-13,21-22H,14-15H2,(H,27,32)(H,28,29)(H,30,34)(H,31,33). The molecule has 0 radical (unpaired) electrons. The second-order valence-electron chi connectivity index (χ2n) is 8.21. The Morgan fingerprint density at radius 1 is 0.941 bits per heavy atom. The Bertz CT molecular complexity index is 1330. The zero-order chi connectivity index (χ0) is 23.5. The highest BCUT2D eigenvalue weighted by molar-refractivity contribution is 6.10. The number of imidazole rings is 1. The molecule has 0 fully saturated rings. The molecule has 34 heavy (non-hydrogen) atoms. The van der Waals surface area contributed by atoms with Crippen LogP contribution in [0.5, 0.6) is 0 Å². The minimum atomic E-state index is -0.993. The Morgan fingerprint density at radius 3 is 2.50 bits per heavy atom. The lowest BCUT2D eigenvalue weighted by molar-refractivity contribution is -0.126. The molecule has 0 bridgehead atoms. The molecule has 5 rings (SSSR count). The van der Waals surface area contributed by atoms with Crippen LogP contribution in [-0.4, -0.2) is 33.7 Å². The van der Waals surface area contributed by atoms with E-state index in [2.05, 4.69) is 25.9 Å². The van der Waals surface area contributed by atoms with Gasteiger partial charge in [-0.1, -0.05) is 54.6 Å². The van der Waals surface area contributed by atoms with Gasteiger partial charge in [0, 0.05) is 0 Å². The molecule has 1 aliphatic rings. The predicted molar refractivity (Wildman–Crippen MR) is 128 cm³/mol. The van der Waals surface area contributed by atoms with Gasteiger partial charge in [-0.2, -0.15) is 0 Å². The summed E-state index contributed by atoms with van der Waals surface area (Å²) >= 11 is 0. The van der Waals surface area contributed by atoms with E-state index in [1.165, 1.54) is 0 Å². The smallest absolute Gasteiger partial charge is 0.254 e. The zero-order valence-electron chi connectivity index (χ0n) is 18.2. The number of amides is 3. The van der Waals surface area contributed by atoms with Crippen LogP contribution in [0.2, 0.25) is 0 Å². The number of nitrogens with one attached hydrogen (secondary N) is 4. The van der Waals surface area contributed by atoms with Crippen molar-refractivity contribution in [2.75, 3.05) is 5.32 Å². The number of nitrogens with zero attached hydrogens (tertiary/aromatic N) is 1. The second kappa shape index (κ2) is 9.19. The molecular formula is C26H23N5O3. The number of carbonyl (C=O) groups excluding carboxylic acids is 3. The van der Waals surface area contributed by atoms with Crippen molar-refractivity contribution in [1.82, 2.24) is 20.6 Å². The normalized spacial score (nSPS) is 16.2. The van der Waals surface area contributed by atoms with Crippen LogP contribution in [0, 0.1) is 0 Å². The van der Waals surface area contributed by atoms with Crippen molar-refractivity contribution >= 4 is 34.4 Å². The number of anilines is 1. The molecular weight excluding hydrogens is 430 g/mol. The number of hydrogen-bond donors (Lipinski definition) is 4. The molecule has 0 aliphatic carbocycles. The number of para-hydroxylation sites is 3. The van der Waals surface area contributed by atoms with Crippen molar-refractivity contribution < 1.29 is 14.4 Å². The molecule has 4 aromatic rings. The number of aromatic amines is 1. The van der Waals surface area contributed by atoms with E-state index in [0.29, 0.717) is 23.5 Å². The third kappa shape index (κ3) is 4.52. The lowest BCUT2D eigenvalue weighted by Crippen LogP contribution is -2.45. The summed E-state index contributed by atoms with van der Waals surface area (Å²) in [6.07, 6.45) is 0.318. The Kier molecular flexibility index (Phi) is 5.78. The third-order valence-electron chi connectivity index (χ3n) is 5.80. The largest absolute Gasteiger partial charge is 0.346 e. The van der Waals surface area contributed by atoms with E-state index in [9.17, 15) is 14.4 Å². The monoisotopic (exact) mass is 453 g/mol. The Hall–Kier alpha value is -4.46. The molecule has 1 aliphatic heterocycles. The fourth-order valence-electron chi connectivity index (χ4n) is 4.10. The van der Waals surface area contributed by atoms with Crippen LogP contribution in [0.4, 0.5) is 5.69 Å². The van der Waals surface area contributed by atoms with Gasteiger partial charge in [-0.25, -0.2) is 4.98 Å². The van der Waals surface area contributed by atoms with Gasteiger partial charge in [-0.05, 0) is 36.2 Å². The molecule has 170 valence electrons. The third-order valence-corrected chi connectivity index (χ3v) is 5.80. The first-order valence-electron chi connectivity index (χ1n) is 11.1. The fraction of sp³-hybridized carbons (Fsp3) is 0.154. The van der Waals surface area contributed by atoms with Crippen molar-refractivity contribution in [1.29, 1.82) is 0 Å². The first-order valence-corrected chi connectivity index (χ1v) is 11.1. The molecule has 8 nitrogen and oxygen atoms in total. The van der Waals surface area contributed by atoms with Gasteiger partial charge in [-0.3, -0.25) is 14.4 Å². The summed E-state index contributed by atoms with van der Waals surface area (Å²) in [4.78, 5) is 46.3. The van der Waals surface area contributed by atoms with E-state index in [0.717, 1.165) is 16.6 Å². The maximum atomic E-state index is 13.1. The van der Waals surface area contributed by atoms with Gasteiger partial charge in [0.2, 0.25) is 11.8 Å². The maximum absolute atomic E-state index is 13.1. The zero-order valence-corrected chi connectivity index (χ0v) is 18.2. The summed E-state index contributed by atoms with van der Waals surface area (Å²) in [6.45, 7) is 0. The molecule has 1 aromatic heterocycles. The molecule has 2 heterocycles. The average Bonchev–Trinajstić information content (AvgIpc) is 3.24. The number of benzene rings is 3. The van der Waals surface area contributed by atoms with Gasteiger partial charge in [-0.15, -0.1) is 0 Å². The molecule has 3 aromatic carbocycles. The SMILES string of the molecule is O=C(CC1NC(=O)c2ccccc2NC1=O)NC(Cc1ccccc1)c1nc2ccccc2[nH]1. The van der Waals surface area contributed by atoms with Gasteiger partial charge in [0.15, 0.2) is 0 Å². The first kappa shape index (κ1) is 21.4. The van der Waals surface area contributed by atoms with Gasteiger partial charge in [0.05, 0.1) is 34.7 Å². The Balaban J connectivity index is 1.35. The van der Waals surface area contributed by atoms with Crippen molar-refractivity contribution in [3.8, 4) is 0 Å². The first-order chi connectivity index (χ1) is 16.6. The topological polar surface area (TPSA) is 116 Å². The van der Waals surface area contributed by atoms with Gasteiger partial charge in [0.1, 0.15) is 11.9 Å². The summed E-state index contributed by atoms with van der Waals surface area (Å²) in [6, 6.07) is 22.7. The molecule has 3 amide bonds. The van der Waals surface area contributed by atoms with E-state index in [1.54, 1.807) is 24.3 Å². The molecule has 0 saturated carbocycles. The minimum absolute atomic E-state index is 0.197. The molecule has 2 atom stereocenters. The highest BCUT2D eigenvalue weighted by atomic mass is 16.2. The highest BCUT2D eigenvalue weighted by Gasteiger charge is 2.30. The van der Waals surface area contributed by atoms with Crippen molar-refractivity contribution in [2.45, 2.75) is 24.9 Å². The van der Waals surface area contributed by atoms with Crippen LogP contribution < -0.4 is 16.0 Å². The number of fused-ring (bicyclic) bond motifs is 2. The van der Waals surface area contributed by atoms with Crippen LogP contribution >= 0.6 is 0 Å². The van der Waals surface area contributed by atoms with Gasteiger partial charge < -0.3 is 20.9 Å². The predicted octanol–water partition coefficient (Wildman–Crippen LogP) is 3.10. The van der Waals surface area contributed by atoms with Crippen LogP contribution in [-0.2, 0) is 16.0 Å². The maximum Gasteiger partial charge on any atom is 0.254 e. The van der Waals surface area contributed by atoms with Crippen molar-refractivity contribution in [3.63, 3.8) is 0 Å². The highest BCUT2D eigenvalue weighted by Crippen LogP contribution is 2.21. The molecule has 4 N–H and O–H groups in total. The Labute approximate surface area is 195 Å². The van der Waals surface area contributed by atoms with Gasteiger partial charge in [0.25, 0.3) is 5.91 Å². The summed E-state index contributed by atoms with van der Waals surface area (Å²) in [7, 11) is 0. The molecule has 8 heteroatoms. The lowest BCUT2D eigenvalue weighted by atomic mass is 10.0. The van der Waals surface area contributed by atoms with E-state index in [1.807, 2.05) is 54.6 Å². The van der Waals surface area contributed by atoms with Crippen LogP contribution in [0.1, 0.15) is 34.2 Å². The van der Waals surface area contributed by atoms with E-state index in [4.69, 9.17) is 0 Å². The Morgan fingerprint density at radius 2 is 1.68 bits per heavy atom. The van der Waals surface area contributed by atoms with E-state index in [-0.39, 0.29) is 12.3 Å². The summed E-state index contributed by atoms with van der Waals surface area (Å²) < 4.78 is 0. The summed E-state index contributed by atoms with van der Waals surface area (Å²) in [5.74, 6) is -0.574. The van der Waals surface area contributed by atoms with Gasteiger partial charge >= 0.3 is 0 Å². The van der Waals surface area contributed by atoms with Crippen LogP contribution in [0.15, 0.2) is 78.9 Å². The number of hydrogen-bond acceptors (Lipinski definition) is 4. The quantitative estimate of drug-likeness (QED) is 0.359. The van der Waals surface area contributed by atoms with E-state index < -0.39 is 23.9 Å². The molecule has 2 unspecified atom stereocenters. The minimum Gasteiger partial charge on any atom is -0.346 e. The summed E-state index contributed by atoms with van der Waals surface area (Å²) in [5.41, 5.74) is 3.50. The van der Waals surface area contributed by atoms with Crippen LogP contribution in [0.3, 0.4) is 0 Å².